The molecule has 0 unspecified atom stereocenters. The van der Waals surface area contributed by atoms with E-state index in [2.05, 4.69) is 11.2 Å². The van der Waals surface area contributed by atoms with Crippen LogP contribution in [0.2, 0.25) is 0 Å². The Kier molecular flexibility index (Phi) is 4.30. The van der Waals surface area contributed by atoms with Gasteiger partial charge >= 0.3 is 0 Å². The molecule has 0 spiro atoms. The SMILES string of the molecule is N#Cc1ccccc1CO/N=C(\N)c1ccc(F)cc1. The molecule has 0 saturated heterocycles. The van der Waals surface area contributed by atoms with Gasteiger partial charge in [-0.25, -0.2) is 4.39 Å². The van der Waals surface area contributed by atoms with Gasteiger partial charge in [0.15, 0.2) is 5.84 Å². The summed E-state index contributed by atoms with van der Waals surface area (Å²) in [6, 6.07) is 14.8. The summed E-state index contributed by atoms with van der Waals surface area (Å²) in [6.45, 7) is 0.144. The first kappa shape index (κ1) is 13.6. The van der Waals surface area contributed by atoms with E-state index in [0.717, 1.165) is 5.56 Å². The van der Waals surface area contributed by atoms with Gasteiger partial charge < -0.3 is 10.6 Å². The van der Waals surface area contributed by atoms with Gasteiger partial charge in [0, 0.05) is 11.1 Å². The lowest BCUT2D eigenvalue weighted by Crippen LogP contribution is -2.13. The molecule has 0 heterocycles. The molecule has 5 heteroatoms. The Morgan fingerprint density at radius 2 is 1.90 bits per heavy atom. The summed E-state index contributed by atoms with van der Waals surface area (Å²) < 4.78 is 12.8. The molecule has 100 valence electrons. The highest BCUT2D eigenvalue weighted by Gasteiger charge is 2.02. The van der Waals surface area contributed by atoms with E-state index in [4.69, 9.17) is 15.8 Å². The monoisotopic (exact) mass is 269 g/mol. The molecule has 20 heavy (non-hydrogen) atoms. The second-order valence-electron chi connectivity index (χ2n) is 4.03. The van der Waals surface area contributed by atoms with Gasteiger partial charge in [-0.2, -0.15) is 5.26 Å². The maximum Gasteiger partial charge on any atom is 0.170 e. The lowest BCUT2D eigenvalue weighted by Gasteiger charge is -2.04. The lowest BCUT2D eigenvalue weighted by molar-refractivity contribution is 0.130. The number of hydrogen-bond donors (Lipinski definition) is 1. The molecule has 0 fully saturated rings. The predicted molar refractivity (Wildman–Crippen MR) is 73.1 cm³/mol. The number of nitriles is 1. The van der Waals surface area contributed by atoms with Crippen molar-refractivity contribution in [1.82, 2.24) is 0 Å². The van der Waals surface area contributed by atoms with Crippen LogP contribution in [0.4, 0.5) is 4.39 Å². The fourth-order valence-corrected chi connectivity index (χ4v) is 1.60. The van der Waals surface area contributed by atoms with Gasteiger partial charge in [-0.1, -0.05) is 23.4 Å². The van der Waals surface area contributed by atoms with Crippen molar-refractivity contribution in [2.45, 2.75) is 6.61 Å². The van der Waals surface area contributed by atoms with E-state index in [0.29, 0.717) is 11.1 Å². The minimum absolute atomic E-state index is 0.144. The molecule has 0 aromatic heterocycles. The van der Waals surface area contributed by atoms with Crippen molar-refractivity contribution in [3.05, 3.63) is 71.0 Å². The van der Waals surface area contributed by atoms with Crippen LogP contribution >= 0.6 is 0 Å². The van der Waals surface area contributed by atoms with E-state index < -0.39 is 0 Å². The number of benzene rings is 2. The summed E-state index contributed by atoms with van der Waals surface area (Å²) in [4.78, 5) is 5.13. The van der Waals surface area contributed by atoms with Crippen LogP contribution in [0.25, 0.3) is 0 Å². The number of hydrogen-bond acceptors (Lipinski definition) is 3. The molecule has 2 aromatic carbocycles. The van der Waals surface area contributed by atoms with Crippen LogP contribution in [-0.2, 0) is 11.4 Å². The summed E-state index contributed by atoms with van der Waals surface area (Å²) in [7, 11) is 0. The Labute approximate surface area is 115 Å². The molecule has 0 bridgehead atoms. The van der Waals surface area contributed by atoms with Crippen molar-refractivity contribution in [1.29, 1.82) is 5.26 Å². The number of halogens is 1. The Hall–Kier alpha value is -2.87. The number of oxime groups is 1. The van der Waals surface area contributed by atoms with Crippen LogP contribution in [0.3, 0.4) is 0 Å². The summed E-state index contributed by atoms with van der Waals surface area (Å²) in [5, 5.41) is 12.7. The topological polar surface area (TPSA) is 71.4 Å². The van der Waals surface area contributed by atoms with Gasteiger partial charge in [-0.3, -0.25) is 0 Å². The van der Waals surface area contributed by atoms with E-state index in [1.165, 1.54) is 24.3 Å². The molecular weight excluding hydrogens is 257 g/mol. The third-order valence-corrected chi connectivity index (χ3v) is 2.66. The number of rotatable bonds is 4. The van der Waals surface area contributed by atoms with Crippen LogP contribution in [0, 0.1) is 17.1 Å². The Morgan fingerprint density at radius 3 is 2.60 bits per heavy atom. The minimum atomic E-state index is -0.342. The van der Waals surface area contributed by atoms with E-state index in [9.17, 15) is 4.39 Å². The standard InChI is InChI=1S/C15H12FN3O/c16-14-7-5-11(6-8-14)15(18)19-20-10-13-4-2-1-3-12(13)9-17/h1-8H,10H2,(H2,18,19). The summed E-state index contributed by atoms with van der Waals surface area (Å²) in [6.07, 6.45) is 0. The molecule has 0 saturated carbocycles. The fourth-order valence-electron chi connectivity index (χ4n) is 1.60. The van der Waals surface area contributed by atoms with Crippen LogP contribution in [0.1, 0.15) is 16.7 Å². The van der Waals surface area contributed by atoms with E-state index in [-0.39, 0.29) is 18.3 Å². The van der Waals surface area contributed by atoms with Crippen molar-refractivity contribution >= 4 is 5.84 Å². The first-order valence-corrected chi connectivity index (χ1v) is 5.90. The Balaban J connectivity index is 2.03. The zero-order chi connectivity index (χ0) is 14.4. The number of nitrogens with zero attached hydrogens (tertiary/aromatic N) is 2. The zero-order valence-corrected chi connectivity index (χ0v) is 10.6. The van der Waals surface area contributed by atoms with Crippen molar-refractivity contribution in [3.63, 3.8) is 0 Å². The maximum atomic E-state index is 12.8. The quantitative estimate of drug-likeness (QED) is 0.526. The molecule has 0 radical (unpaired) electrons. The third-order valence-electron chi connectivity index (χ3n) is 2.66. The third kappa shape index (κ3) is 3.33. The summed E-state index contributed by atoms with van der Waals surface area (Å²) >= 11 is 0. The largest absolute Gasteiger partial charge is 0.389 e. The second-order valence-corrected chi connectivity index (χ2v) is 4.03. The first-order valence-electron chi connectivity index (χ1n) is 5.90. The van der Waals surface area contributed by atoms with E-state index >= 15 is 0 Å². The summed E-state index contributed by atoms with van der Waals surface area (Å²) in [5.74, 6) is -0.190. The molecule has 0 amide bonds. The van der Waals surface area contributed by atoms with Crippen LogP contribution in [0.15, 0.2) is 53.7 Å². The molecule has 2 N–H and O–H groups in total. The van der Waals surface area contributed by atoms with Gasteiger partial charge in [-0.05, 0) is 30.3 Å². The zero-order valence-electron chi connectivity index (χ0n) is 10.6. The highest BCUT2D eigenvalue weighted by molar-refractivity contribution is 5.96. The van der Waals surface area contributed by atoms with Gasteiger partial charge in [0.25, 0.3) is 0 Å². The van der Waals surface area contributed by atoms with E-state index in [1.807, 2.05) is 6.07 Å². The molecule has 0 aliphatic rings. The van der Waals surface area contributed by atoms with E-state index in [1.54, 1.807) is 18.2 Å². The Morgan fingerprint density at radius 1 is 1.20 bits per heavy atom. The highest BCUT2D eigenvalue weighted by atomic mass is 19.1. The molecule has 0 aliphatic heterocycles. The minimum Gasteiger partial charge on any atom is -0.389 e. The highest BCUT2D eigenvalue weighted by Crippen LogP contribution is 2.09. The Bertz CT molecular complexity index is 660. The second kappa shape index (κ2) is 6.34. The fraction of sp³-hybridized carbons (Fsp3) is 0.0667. The van der Waals surface area contributed by atoms with Gasteiger partial charge in [0.1, 0.15) is 12.4 Å². The predicted octanol–water partition coefficient (Wildman–Crippen LogP) is 2.53. The van der Waals surface area contributed by atoms with Gasteiger partial charge in [0.05, 0.1) is 11.6 Å². The smallest absolute Gasteiger partial charge is 0.170 e. The average Bonchev–Trinajstić information content (AvgIpc) is 2.48. The maximum absolute atomic E-state index is 12.8. The van der Waals surface area contributed by atoms with Crippen molar-refractivity contribution in [2.75, 3.05) is 0 Å². The van der Waals surface area contributed by atoms with Crippen molar-refractivity contribution < 1.29 is 9.23 Å². The van der Waals surface area contributed by atoms with Crippen molar-refractivity contribution in [2.24, 2.45) is 10.9 Å². The van der Waals surface area contributed by atoms with Gasteiger partial charge in [0.2, 0.25) is 0 Å². The molecule has 0 atom stereocenters. The average molecular weight is 269 g/mol. The molecule has 2 aromatic rings. The van der Waals surface area contributed by atoms with Gasteiger partial charge in [-0.15, -0.1) is 0 Å². The number of amidine groups is 1. The molecular formula is C15H12FN3O. The van der Waals surface area contributed by atoms with Crippen LogP contribution < -0.4 is 5.73 Å². The summed E-state index contributed by atoms with van der Waals surface area (Å²) in [5.41, 5.74) is 7.54. The van der Waals surface area contributed by atoms with Crippen molar-refractivity contribution in [3.8, 4) is 6.07 Å². The molecule has 2 rings (SSSR count). The lowest BCUT2D eigenvalue weighted by atomic mass is 10.1. The van der Waals surface area contributed by atoms with Crippen LogP contribution in [0.5, 0.6) is 0 Å². The number of nitrogens with two attached hydrogens (primary N) is 1. The van der Waals surface area contributed by atoms with Crippen LogP contribution in [-0.4, -0.2) is 5.84 Å². The molecule has 0 aliphatic carbocycles. The molecule has 4 nitrogen and oxygen atoms in total. The normalized spacial score (nSPS) is 10.9. The first-order chi connectivity index (χ1) is 9.70.